The summed E-state index contributed by atoms with van der Waals surface area (Å²) < 4.78 is 19.0. The Morgan fingerprint density at radius 3 is 2.70 bits per heavy atom. The molecule has 0 saturated carbocycles. The van der Waals surface area contributed by atoms with Crippen molar-refractivity contribution in [3.63, 3.8) is 0 Å². The van der Waals surface area contributed by atoms with Crippen molar-refractivity contribution in [3.05, 3.63) is 59.4 Å². The van der Waals surface area contributed by atoms with Gasteiger partial charge in [0.2, 0.25) is 0 Å². The zero-order valence-electron chi connectivity index (χ0n) is 15.4. The Bertz CT molecular complexity index is 854. The molecular weight excluding hydrogens is 349 g/mol. The number of benzene rings is 2. The second-order valence-corrected chi connectivity index (χ2v) is 6.68. The number of para-hydroxylation sites is 1. The lowest BCUT2D eigenvalue weighted by atomic mass is 10.1. The van der Waals surface area contributed by atoms with Gasteiger partial charge >= 0.3 is 0 Å². The Morgan fingerprint density at radius 1 is 1.19 bits per heavy atom. The first kappa shape index (κ1) is 18.8. The number of nitrogens with zero attached hydrogens (tertiary/aromatic N) is 2. The van der Waals surface area contributed by atoms with Crippen molar-refractivity contribution in [2.24, 2.45) is 0 Å². The second-order valence-electron chi connectivity index (χ2n) is 6.68. The van der Waals surface area contributed by atoms with E-state index in [1.54, 1.807) is 35.2 Å². The van der Waals surface area contributed by atoms with Gasteiger partial charge in [0.15, 0.2) is 12.4 Å². The number of nitrogens with one attached hydrogen (secondary N) is 1. The molecule has 6 nitrogen and oxygen atoms in total. The van der Waals surface area contributed by atoms with Crippen LogP contribution in [-0.4, -0.2) is 55.4 Å². The van der Waals surface area contributed by atoms with Gasteiger partial charge in [-0.3, -0.25) is 9.59 Å². The largest absolute Gasteiger partial charge is 0.481 e. The summed E-state index contributed by atoms with van der Waals surface area (Å²) in [6, 6.07) is 11.3. The highest BCUT2D eigenvalue weighted by Gasteiger charge is 2.25. The van der Waals surface area contributed by atoms with Gasteiger partial charge in [-0.05, 0) is 43.9 Å². The first-order valence-corrected chi connectivity index (χ1v) is 8.68. The van der Waals surface area contributed by atoms with E-state index in [-0.39, 0.29) is 30.8 Å². The highest BCUT2D eigenvalue weighted by Crippen LogP contribution is 2.32. The van der Waals surface area contributed by atoms with E-state index in [1.807, 2.05) is 19.0 Å². The number of hydrogen-bond donors (Lipinski definition) is 1. The maximum Gasteiger partial charge on any atom is 0.262 e. The zero-order valence-corrected chi connectivity index (χ0v) is 15.4. The molecule has 7 heteroatoms. The summed E-state index contributed by atoms with van der Waals surface area (Å²) in [4.78, 5) is 28.4. The highest BCUT2D eigenvalue weighted by atomic mass is 19.1. The van der Waals surface area contributed by atoms with E-state index in [9.17, 15) is 14.0 Å². The normalized spacial score (nSPS) is 13.0. The molecule has 0 radical (unpaired) electrons. The van der Waals surface area contributed by atoms with E-state index in [0.29, 0.717) is 35.7 Å². The van der Waals surface area contributed by atoms with E-state index < -0.39 is 0 Å². The molecule has 142 valence electrons. The number of fused-ring (bicyclic) bond motifs is 1. The Hall–Kier alpha value is -2.93. The monoisotopic (exact) mass is 371 g/mol. The summed E-state index contributed by atoms with van der Waals surface area (Å²) in [5.41, 5.74) is 1.57. The molecule has 1 aliphatic heterocycles. The molecule has 2 aromatic rings. The molecule has 1 N–H and O–H groups in total. The number of likely N-dealkylation sites (N-methyl/N-ethyl adjacent to an activating group) is 1. The van der Waals surface area contributed by atoms with E-state index in [4.69, 9.17) is 4.74 Å². The molecule has 3 rings (SSSR count). The summed E-state index contributed by atoms with van der Waals surface area (Å²) in [6.07, 6.45) is 0. The fraction of sp³-hybridized carbons (Fsp3) is 0.300. The van der Waals surface area contributed by atoms with Gasteiger partial charge < -0.3 is 19.9 Å². The SMILES string of the molecule is CN(C)CCN(Cc1cccc(F)c1)C(=O)c1cccc2c1OCC(=O)N2. The van der Waals surface area contributed by atoms with Crippen LogP contribution in [0.15, 0.2) is 42.5 Å². The number of rotatable bonds is 6. The lowest BCUT2D eigenvalue weighted by Crippen LogP contribution is -2.37. The number of anilines is 1. The quantitative estimate of drug-likeness (QED) is 0.847. The van der Waals surface area contributed by atoms with Crippen LogP contribution in [0.1, 0.15) is 15.9 Å². The Labute approximate surface area is 157 Å². The Morgan fingerprint density at radius 2 is 1.96 bits per heavy atom. The third-order valence-corrected chi connectivity index (χ3v) is 4.23. The lowest BCUT2D eigenvalue weighted by Gasteiger charge is -2.27. The predicted molar refractivity (Wildman–Crippen MR) is 100 cm³/mol. The standard InChI is InChI=1S/C20H22FN3O3/c1-23(2)9-10-24(12-14-5-3-6-15(21)11-14)20(26)16-7-4-8-17-19(16)27-13-18(25)22-17/h3-8,11H,9-10,12-13H2,1-2H3,(H,22,25). The van der Waals surface area contributed by atoms with Crippen LogP contribution < -0.4 is 10.1 Å². The van der Waals surface area contributed by atoms with Crippen molar-refractivity contribution in [1.29, 1.82) is 0 Å². The summed E-state index contributed by atoms with van der Waals surface area (Å²) in [5.74, 6) is -0.447. The van der Waals surface area contributed by atoms with Crippen LogP contribution in [0.25, 0.3) is 0 Å². The van der Waals surface area contributed by atoms with Gasteiger partial charge in [0, 0.05) is 19.6 Å². The first-order chi connectivity index (χ1) is 12.9. The number of ether oxygens (including phenoxy) is 1. The van der Waals surface area contributed by atoms with Crippen LogP contribution in [-0.2, 0) is 11.3 Å². The predicted octanol–water partition coefficient (Wildman–Crippen LogP) is 2.36. The number of hydrogen-bond acceptors (Lipinski definition) is 4. The minimum Gasteiger partial charge on any atom is -0.481 e. The Kier molecular flexibility index (Phi) is 5.71. The maximum absolute atomic E-state index is 13.5. The lowest BCUT2D eigenvalue weighted by molar-refractivity contribution is -0.118. The molecule has 0 aromatic heterocycles. The Balaban J connectivity index is 1.88. The van der Waals surface area contributed by atoms with Gasteiger partial charge in [-0.2, -0.15) is 0 Å². The molecule has 0 unspecified atom stereocenters. The van der Waals surface area contributed by atoms with Gasteiger partial charge in [-0.15, -0.1) is 0 Å². The molecule has 0 spiro atoms. The first-order valence-electron chi connectivity index (χ1n) is 8.68. The highest BCUT2D eigenvalue weighted by molar-refractivity contribution is 6.03. The topological polar surface area (TPSA) is 61.9 Å². The fourth-order valence-electron chi connectivity index (χ4n) is 2.88. The summed E-state index contributed by atoms with van der Waals surface area (Å²) >= 11 is 0. The summed E-state index contributed by atoms with van der Waals surface area (Å²) in [7, 11) is 3.85. The third kappa shape index (κ3) is 4.62. The van der Waals surface area contributed by atoms with Crippen LogP contribution >= 0.6 is 0 Å². The van der Waals surface area contributed by atoms with Crippen molar-refractivity contribution < 1.29 is 18.7 Å². The average Bonchev–Trinajstić information content (AvgIpc) is 2.63. The minimum atomic E-state index is -0.337. The maximum atomic E-state index is 13.5. The van der Waals surface area contributed by atoms with Crippen LogP contribution in [0.5, 0.6) is 5.75 Å². The van der Waals surface area contributed by atoms with Crippen molar-refractivity contribution in [1.82, 2.24) is 9.80 Å². The summed E-state index contributed by atoms with van der Waals surface area (Å²) in [6.45, 7) is 1.28. The zero-order chi connectivity index (χ0) is 19.4. The van der Waals surface area contributed by atoms with Gasteiger partial charge in [-0.25, -0.2) is 4.39 Å². The van der Waals surface area contributed by atoms with Gasteiger partial charge in [0.1, 0.15) is 5.82 Å². The smallest absolute Gasteiger partial charge is 0.262 e. The van der Waals surface area contributed by atoms with E-state index >= 15 is 0 Å². The van der Waals surface area contributed by atoms with Crippen LogP contribution in [0.3, 0.4) is 0 Å². The van der Waals surface area contributed by atoms with Crippen LogP contribution in [0.4, 0.5) is 10.1 Å². The van der Waals surface area contributed by atoms with E-state index in [1.165, 1.54) is 12.1 Å². The molecule has 0 aliphatic carbocycles. The molecule has 0 atom stereocenters. The molecular formula is C20H22FN3O3. The van der Waals surface area contributed by atoms with Crippen molar-refractivity contribution in [2.75, 3.05) is 39.1 Å². The number of halogens is 1. The molecule has 1 heterocycles. The van der Waals surface area contributed by atoms with Crippen LogP contribution in [0, 0.1) is 5.82 Å². The molecule has 0 bridgehead atoms. The number of carbonyl (C=O) groups is 2. The molecule has 1 aliphatic rings. The minimum absolute atomic E-state index is 0.126. The molecule has 2 aromatic carbocycles. The molecule has 0 fully saturated rings. The van der Waals surface area contributed by atoms with Crippen molar-refractivity contribution in [2.45, 2.75) is 6.54 Å². The fourth-order valence-corrected chi connectivity index (χ4v) is 2.88. The average molecular weight is 371 g/mol. The summed E-state index contributed by atoms with van der Waals surface area (Å²) in [5, 5.41) is 2.71. The van der Waals surface area contributed by atoms with E-state index in [2.05, 4.69) is 5.32 Å². The van der Waals surface area contributed by atoms with Gasteiger partial charge in [-0.1, -0.05) is 18.2 Å². The second kappa shape index (κ2) is 8.18. The van der Waals surface area contributed by atoms with Crippen LogP contribution in [0.2, 0.25) is 0 Å². The van der Waals surface area contributed by atoms with E-state index in [0.717, 1.165) is 0 Å². The molecule has 2 amide bonds. The number of amides is 2. The third-order valence-electron chi connectivity index (χ3n) is 4.23. The number of carbonyl (C=O) groups excluding carboxylic acids is 2. The van der Waals surface area contributed by atoms with Gasteiger partial charge in [0.05, 0.1) is 11.3 Å². The van der Waals surface area contributed by atoms with Crippen molar-refractivity contribution >= 4 is 17.5 Å². The van der Waals surface area contributed by atoms with Crippen molar-refractivity contribution in [3.8, 4) is 5.75 Å². The van der Waals surface area contributed by atoms with Gasteiger partial charge in [0.25, 0.3) is 11.8 Å². The molecule has 27 heavy (non-hydrogen) atoms. The molecule has 0 saturated heterocycles.